The van der Waals surface area contributed by atoms with E-state index in [1.807, 2.05) is 6.07 Å². The summed E-state index contributed by atoms with van der Waals surface area (Å²) in [6.07, 6.45) is 2.06. The summed E-state index contributed by atoms with van der Waals surface area (Å²) < 4.78 is 13.2. The predicted molar refractivity (Wildman–Crippen MR) is 82.6 cm³/mol. The van der Waals surface area contributed by atoms with Crippen LogP contribution in [0.15, 0.2) is 24.3 Å². The molecule has 3 rings (SSSR count). The lowest BCUT2D eigenvalue weighted by atomic mass is 9.76. The monoisotopic (exact) mass is 320 g/mol. The normalized spacial score (nSPS) is 29.9. The van der Waals surface area contributed by atoms with Gasteiger partial charge in [-0.2, -0.15) is 0 Å². The molecule has 5 nitrogen and oxygen atoms in total. The average Bonchev–Trinajstić information content (AvgIpc) is 2.86. The van der Waals surface area contributed by atoms with Gasteiger partial charge in [0, 0.05) is 19.1 Å². The quantitative estimate of drug-likeness (QED) is 0.899. The third kappa shape index (κ3) is 3.16. The first-order valence-electron chi connectivity index (χ1n) is 7.92. The van der Waals surface area contributed by atoms with E-state index < -0.39 is 11.4 Å². The van der Waals surface area contributed by atoms with E-state index in [0.29, 0.717) is 13.0 Å². The Balaban J connectivity index is 1.49. The number of benzene rings is 1. The van der Waals surface area contributed by atoms with Crippen molar-refractivity contribution in [2.75, 3.05) is 13.1 Å². The standard InChI is InChI=1S/C17H21FN2O3/c1-17(15(21)22)5-6-20(10-17)16(23)19-14-8-12(9-14)11-3-2-4-13(18)7-11/h2-4,7,12,14H,5-6,8-10H2,1H3,(H,19,23)(H,21,22). The number of nitrogens with one attached hydrogen (secondary N) is 1. The van der Waals surface area contributed by atoms with Gasteiger partial charge in [-0.1, -0.05) is 12.1 Å². The van der Waals surface area contributed by atoms with Gasteiger partial charge in [-0.05, 0) is 49.8 Å². The fourth-order valence-corrected chi connectivity index (χ4v) is 3.34. The summed E-state index contributed by atoms with van der Waals surface area (Å²) in [5, 5.41) is 12.2. The number of urea groups is 1. The highest BCUT2D eigenvalue weighted by Crippen LogP contribution is 2.37. The molecule has 2 fully saturated rings. The van der Waals surface area contributed by atoms with Gasteiger partial charge >= 0.3 is 12.0 Å². The van der Waals surface area contributed by atoms with Gasteiger partial charge in [0.1, 0.15) is 5.82 Å². The maximum atomic E-state index is 13.2. The van der Waals surface area contributed by atoms with Crippen LogP contribution in [0.2, 0.25) is 0 Å². The minimum absolute atomic E-state index is 0.0763. The second kappa shape index (κ2) is 5.83. The number of hydrogen-bond acceptors (Lipinski definition) is 2. The third-order valence-corrected chi connectivity index (χ3v) is 5.06. The molecule has 1 aromatic carbocycles. The number of likely N-dealkylation sites (tertiary alicyclic amines) is 1. The number of halogens is 1. The molecule has 0 radical (unpaired) electrons. The Kier molecular flexibility index (Phi) is 4.00. The number of aliphatic carboxylic acids is 1. The Labute approximate surface area is 134 Å². The number of nitrogens with zero attached hydrogens (tertiary/aromatic N) is 1. The summed E-state index contributed by atoms with van der Waals surface area (Å²) in [4.78, 5) is 25.0. The van der Waals surface area contributed by atoms with E-state index in [1.165, 1.54) is 6.07 Å². The molecule has 0 bridgehead atoms. The molecule has 2 N–H and O–H groups in total. The van der Waals surface area contributed by atoms with Crippen LogP contribution in [0.5, 0.6) is 0 Å². The highest BCUT2D eigenvalue weighted by atomic mass is 19.1. The highest BCUT2D eigenvalue weighted by molar-refractivity contribution is 5.79. The number of carboxylic acids is 1. The van der Waals surface area contributed by atoms with Gasteiger partial charge in [-0.15, -0.1) is 0 Å². The minimum Gasteiger partial charge on any atom is -0.481 e. The Morgan fingerprint density at radius 3 is 2.74 bits per heavy atom. The van der Waals surface area contributed by atoms with Crippen molar-refractivity contribution in [2.24, 2.45) is 5.41 Å². The fraction of sp³-hybridized carbons (Fsp3) is 0.529. The number of carboxylic acid groups (broad SMARTS) is 1. The van der Waals surface area contributed by atoms with E-state index in [9.17, 15) is 19.1 Å². The van der Waals surface area contributed by atoms with Crippen molar-refractivity contribution >= 4 is 12.0 Å². The lowest BCUT2D eigenvalue weighted by Crippen LogP contribution is -2.49. The van der Waals surface area contributed by atoms with Crippen LogP contribution < -0.4 is 5.32 Å². The molecule has 1 saturated carbocycles. The van der Waals surface area contributed by atoms with Gasteiger partial charge in [0.25, 0.3) is 0 Å². The van der Waals surface area contributed by atoms with Crippen LogP contribution in [-0.4, -0.2) is 41.1 Å². The van der Waals surface area contributed by atoms with Crippen LogP contribution in [-0.2, 0) is 4.79 Å². The highest BCUT2D eigenvalue weighted by Gasteiger charge is 2.43. The van der Waals surface area contributed by atoms with Gasteiger partial charge in [0.15, 0.2) is 0 Å². The lowest BCUT2D eigenvalue weighted by Gasteiger charge is -2.37. The van der Waals surface area contributed by atoms with E-state index >= 15 is 0 Å². The summed E-state index contributed by atoms with van der Waals surface area (Å²) in [6.45, 7) is 2.38. The molecule has 6 heteroatoms. The van der Waals surface area contributed by atoms with Crippen molar-refractivity contribution in [1.29, 1.82) is 0 Å². The zero-order chi connectivity index (χ0) is 16.6. The van der Waals surface area contributed by atoms with Gasteiger partial charge in [-0.3, -0.25) is 4.79 Å². The van der Waals surface area contributed by atoms with Crippen LogP contribution in [0.1, 0.15) is 37.7 Å². The average molecular weight is 320 g/mol. The van der Waals surface area contributed by atoms with Gasteiger partial charge in [0.2, 0.25) is 0 Å². The van der Waals surface area contributed by atoms with Crippen molar-refractivity contribution in [3.8, 4) is 0 Å². The zero-order valence-corrected chi connectivity index (χ0v) is 13.1. The second-order valence-electron chi connectivity index (χ2n) is 6.91. The second-order valence-corrected chi connectivity index (χ2v) is 6.91. The van der Waals surface area contributed by atoms with Crippen LogP contribution in [0, 0.1) is 11.2 Å². The van der Waals surface area contributed by atoms with Crippen molar-refractivity contribution < 1.29 is 19.1 Å². The van der Waals surface area contributed by atoms with Crippen LogP contribution in [0.25, 0.3) is 0 Å². The molecule has 1 aliphatic carbocycles. The largest absolute Gasteiger partial charge is 0.481 e. The molecule has 2 amide bonds. The smallest absolute Gasteiger partial charge is 0.317 e. The molecule has 1 aliphatic heterocycles. The summed E-state index contributed by atoms with van der Waals surface area (Å²) in [5.74, 6) is -0.818. The molecule has 1 atom stereocenters. The van der Waals surface area contributed by atoms with Crippen molar-refractivity contribution in [1.82, 2.24) is 10.2 Å². The van der Waals surface area contributed by atoms with Gasteiger partial charge in [-0.25, -0.2) is 9.18 Å². The van der Waals surface area contributed by atoms with Crippen molar-refractivity contribution in [3.05, 3.63) is 35.6 Å². The molecule has 1 saturated heterocycles. The summed E-state index contributed by atoms with van der Waals surface area (Å²) in [7, 11) is 0. The van der Waals surface area contributed by atoms with E-state index in [1.54, 1.807) is 24.0 Å². The van der Waals surface area contributed by atoms with Crippen molar-refractivity contribution in [3.63, 3.8) is 0 Å². The molecule has 1 aromatic rings. The summed E-state index contributed by atoms with van der Waals surface area (Å²) in [5.41, 5.74) is 0.122. The maximum Gasteiger partial charge on any atom is 0.317 e. The Morgan fingerprint density at radius 1 is 1.39 bits per heavy atom. The number of carbonyl (C=O) groups is 2. The molecule has 23 heavy (non-hydrogen) atoms. The molecule has 2 aliphatic rings. The molecular formula is C17H21FN2O3. The molecular weight excluding hydrogens is 299 g/mol. The Bertz CT molecular complexity index is 630. The SMILES string of the molecule is CC1(C(=O)O)CCN(C(=O)NC2CC(c3cccc(F)c3)C2)C1. The van der Waals surface area contributed by atoms with E-state index in [4.69, 9.17) is 0 Å². The molecule has 1 heterocycles. The van der Waals surface area contributed by atoms with Crippen LogP contribution in [0.3, 0.4) is 0 Å². The maximum absolute atomic E-state index is 13.2. The van der Waals surface area contributed by atoms with Crippen molar-refractivity contribution in [2.45, 2.75) is 38.1 Å². The fourth-order valence-electron chi connectivity index (χ4n) is 3.34. The summed E-state index contributed by atoms with van der Waals surface area (Å²) in [6, 6.07) is 6.46. The first-order chi connectivity index (χ1) is 10.9. The molecule has 0 aromatic heterocycles. The number of hydrogen-bond donors (Lipinski definition) is 2. The van der Waals surface area contributed by atoms with E-state index in [0.717, 1.165) is 18.4 Å². The lowest BCUT2D eigenvalue weighted by molar-refractivity contribution is -0.147. The molecule has 124 valence electrons. The zero-order valence-electron chi connectivity index (χ0n) is 13.1. The van der Waals surface area contributed by atoms with Gasteiger partial charge < -0.3 is 15.3 Å². The predicted octanol–water partition coefficient (Wildman–Crippen LogP) is 2.58. The number of amides is 2. The molecule has 1 unspecified atom stereocenters. The Morgan fingerprint density at radius 2 is 2.13 bits per heavy atom. The summed E-state index contributed by atoms with van der Waals surface area (Å²) >= 11 is 0. The van der Waals surface area contributed by atoms with E-state index in [-0.39, 0.29) is 30.4 Å². The first-order valence-corrected chi connectivity index (χ1v) is 7.92. The molecule has 0 spiro atoms. The Hall–Kier alpha value is -2.11. The number of carbonyl (C=O) groups excluding carboxylic acids is 1. The first kappa shape index (κ1) is 15.8. The third-order valence-electron chi connectivity index (χ3n) is 5.06. The van der Waals surface area contributed by atoms with Gasteiger partial charge in [0.05, 0.1) is 5.41 Å². The number of rotatable bonds is 3. The van der Waals surface area contributed by atoms with Crippen LogP contribution in [0.4, 0.5) is 9.18 Å². The van der Waals surface area contributed by atoms with Crippen LogP contribution >= 0.6 is 0 Å². The van der Waals surface area contributed by atoms with E-state index in [2.05, 4.69) is 5.32 Å². The topological polar surface area (TPSA) is 69.6 Å². The minimum atomic E-state index is -0.859.